The largest absolute Gasteiger partial charge is 0.394 e. The first-order valence-electron chi connectivity index (χ1n) is 5.99. The minimum atomic E-state index is -0.162. The van der Waals surface area contributed by atoms with E-state index in [1.54, 1.807) is 6.07 Å². The molecule has 0 fully saturated rings. The number of aromatic nitrogens is 2. The first kappa shape index (κ1) is 14.7. The number of hydrogen-bond donors (Lipinski definition) is 3. The maximum atomic E-state index is 9.20. The highest BCUT2D eigenvalue weighted by Gasteiger charge is 2.21. The van der Waals surface area contributed by atoms with E-state index in [2.05, 4.69) is 15.4 Å². The third-order valence-corrected chi connectivity index (χ3v) is 2.82. The molecule has 0 saturated carbocycles. The van der Waals surface area contributed by atoms with Gasteiger partial charge in [0, 0.05) is 18.5 Å². The highest BCUT2D eigenvalue weighted by Crippen LogP contribution is 2.23. The number of hydrogen-bond acceptors (Lipinski definition) is 6. The Kier molecular flexibility index (Phi) is 4.48. The van der Waals surface area contributed by atoms with Gasteiger partial charge >= 0.3 is 0 Å². The quantitative estimate of drug-likeness (QED) is 0.545. The maximum absolute atomic E-state index is 9.20. The second-order valence-corrected chi connectivity index (χ2v) is 5.47. The van der Waals surface area contributed by atoms with E-state index in [1.807, 2.05) is 39.6 Å². The highest BCUT2D eigenvalue weighted by atomic mass is 16.3. The van der Waals surface area contributed by atoms with E-state index >= 15 is 0 Å². The average Bonchev–Trinajstić information content (AvgIpc) is 2.35. The molecular formula is C12H23N5O. The number of rotatable bonds is 4. The zero-order valence-corrected chi connectivity index (χ0v) is 11.7. The molecule has 1 aromatic heterocycles. The van der Waals surface area contributed by atoms with Crippen LogP contribution in [0.3, 0.4) is 0 Å². The molecule has 0 amide bonds. The van der Waals surface area contributed by atoms with Crippen molar-refractivity contribution in [2.45, 2.75) is 39.2 Å². The van der Waals surface area contributed by atoms with Crippen LogP contribution < -0.4 is 16.2 Å². The highest BCUT2D eigenvalue weighted by molar-refractivity contribution is 5.49. The molecule has 0 aliphatic rings. The van der Waals surface area contributed by atoms with E-state index < -0.39 is 0 Å². The summed E-state index contributed by atoms with van der Waals surface area (Å²) in [6.45, 7) is 8.12. The van der Waals surface area contributed by atoms with Crippen LogP contribution in [0.25, 0.3) is 0 Å². The standard InChI is InChI=1S/C12H23N5O/c1-8(7-18)17(5)10-6-9(16-13)14-11(15-10)12(2,3)4/h6,8,18H,7,13H2,1-5H3,(H,14,15,16). The van der Waals surface area contributed by atoms with Gasteiger partial charge in [-0.2, -0.15) is 0 Å². The molecule has 0 radical (unpaired) electrons. The molecule has 1 unspecified atom stereocenters. The van der Waals surface area contributed by atoms with Crippen molar-refractivity contribution in [2.75, 3.05) is 24.0 Å². The number of hydrazine groups is 1. The third kappa shape index (κ3) is 3.30. The maximum Gasteiger partial charge on any atom is 0.145 e. The van der Waals surface area contributed by atoms with E-state index in [0.29, 0.717) is 11.6 Å². The molecule has 4 N–H and O–H groups in total. The Bertz CT molecular complexity index is 402. The SMILES string of the molecule is CC(CO)N(C)c1cc(NN)nc(C(C)(C)C)n1. The van der Waals surface area contributed by atoms with Crippen molar-refractivity contribution < 1.29 is 5.11 Å². The number of nitrogens with two attached hydrogens (primary N) is 1. The molecule has 0 aliphatic heterocycles. The lowest BCUT2D eigenvalue weighted by Gasteiger charge is -2.26. The summed E-state index contributed by atoms with van der Waals surface area (Å²) in [5.74, 6) is 7.46. The van der Waals surface area contributed by atoms with Gasteiger partial charge in [-0.15, -0.1) is 0 Å². The second kappa shape index (κ2) is 5.49. The van der Waals surface area contributed by atoms with Crippen LogP contribution in [0, 0.1) is 0 Å². The van der Waals surface area contributed by atoms with Gasteiger partial charge in [-0.1, -0.05) is 20.8 Å². The first-order valence-corrected chi connectivity index (χ1v) is 5.99. The number of nitrogen functional groups attached to an aromatic ring is 1. The predicted molar refractivity (Wildman–Crippen MR) is 73.5 cm³/mol. The monoisotopic (exact) mass is 253 g/mol. The third-order valence-electron chi connectivity index (χ3n) is 2.82. The summed E-state index contributed by atoms with van der Waals surface area (Å²) >= 11 is 0. The van der Waals surface area contributed by atoms with E-state index in [1.165, 1.54) is 0 Å². The van der Waals surface area contributed by atoms with Crippen molar-refractivity contribution in [3.8, 4) is 0 Å². The van der Waals surface area contributed by atoms with Gasteiger partial charge in [0.05, 0.1) is 12.6 Å². The summed E-state index contributed by atoms with van der Waals surface area (Å²) in [6.07, 6.45) is 0. The molecule has 0 spiro atoms. The normalized spacial score (nSPS) is 13.3. The summed E-state index contributed by atoms with van der Waals surface area (Å²) in [6, 6.07) is 1.75. The van der Waals surface area contributed by atoms with Crippen molar-refractivity contribution in [3.05, 3.63) is 11.9 Å². The molecule has 1 aromatic rings. The molecule has 1 rings (SSSR count). The zero-order chi connectivity index (χ0) is 13.9. The predicted octanol–water partition coefficient (Wildman–Crippen LogP) is 0.877. The summed E-state index contributed by atoms with van der Waals surface area (Å²) < 4.78 is 0. The van der Waals surface area contributed by atoms with Crippen LogP contribution in [0.15, 0.2) is 6.07 Å². The van der Waals surface area contributed by atoms with Crippen molar-refractivity contribution in [1.29, 1.82) is 0 Å². The van der Waals surface area contributed by atoms with Crippen molar-refractivity contribution in [1.82, 2.24) is 9.97 Å². The lowest BCUT2D eigenvalue weighted by Crippen LogP contribution is -2.33. The Morgan fingerprint density at radius 3 is 2.50 bits per heavy atom. The fraction of sp³-hybridized carbons (Fsp3) is 0.667. The molecule has 0 bridgehead atoms. The Morgan fingerprint density at radius 1 is 1.44 bits per heavy atom. The smallest absolute Gasteiger partial charge is 0.145 e. The van der Waals surface area contributed by atoms with Gasteiger partial charge in [-0.05, 0) is 6.92 Å². The van der Waals surface area contributed by atoms with Crippen molar-refractivity contribution in [3.63, 3.8) is 0 Å². The van der Waals surface area contributed by atoms with E-state index in [0.717, 1.165) is 5.82 Å². The molecule has 0 saturated heterocycles. The Balaban J connectivity index is 3.20. The second-order valence-electron chi connectivity index (χ2n) is 5.47. The first-order chi connectivity index (χ1) is 8.29. The van der Waals surface area contributed by atoms with Crippen LogP contribution in [0.1, 0.15) is 33.5 Å². The molecule has 18 heavy (non-hydrogen) atoms. The molecule has 6 heteroatoms. The molecule has 1 heterocycles. The number of nitrogens with zero attached hydrogens (tertiary/aromatic N) is 3. The Labute approximate surface area is 108 Å². The van der Waals surface area contributed by atoms with E-state index in [9.17, 15) is 5.11 Å². The lowest BCUT2D eigenvalue weighted by atomic mass is 9.96. The number of likely N-dealkylation sites (N-methyl/N-ethyl adjacent to an activating group) is 1. The van der Waals surface area contributed by atoms with Gasteiger partial charge < -0.3 is 15.4 Å². The van der Waals surface area contributed by atoms with Gasteiger partial charge in [-0.3, -0.25) is 0 Å². The number of nitrogens with one attached hydrogen (secondary N) is 1. The number of aliphatic hydroxyl groups is 1. The van der Waals surface area contributed by atoms with Gasteiger partial charge in [0.25, 0.3) is 0 Å². The summed E-state index contributed by atoms with van der Waals surface area (Å²) in [4.78, 5) is 10.8. The lowest BCUT2D eigenvalue weighted by molar-refractivity contribution is 0.269. The molecule has 102 valence electrons. The summed E-state index contributed by atoms with van der Waals surface area (Å²) in [5, 5.41) is 9.20. The molecule has 1 atom stereocenters. The summed E-state index contributed by atoms with van der Waals surface area (Å²) in [7, 11) is 1.88. The van der Waals surface area contributed by atoms with Crippen LogP contribution >= 0.6 is 0 Å². The van der Waals surface area contributed by atoms with Crippen molar-refractivity contribution >= 4 is 11.6 Å². The molecule has 0 aliphatic carbocycles. The minimum Gasteiger partial charge on any atom is -0.394 e. The van der Waals surface area contributed by atoms with Gasteiger partial charge in [-0.25, -0.2) is 15.8 Å². The van der Waals surface area contributed by atoms with Crippen molar-refractivity contribution in [2.24, 2.45) is 5.84 Å². The zero-order valence-electron chi connectivity index (χ0n) is 11.7. The number of anilines is 2. The van der Waals surface area contributed by atoms with E-state index in [-0.39, 0.29) is 18.1 Å². The van der Waals surface area contributed by atoms with E-state index in [4.69, 9.17) is 5.84 Å². The fourth-order valence-electron chi connectivity index (χ4n) is 1.37. The Morgan fingerprint density at radius 2 is 2.06 bits per heavy atom. The van der Waals surface area contributed by atoms with Crippen LogP contribution in [-0.4, -0.2) is 34.8 Å². The van der Waals surface area contributed by atoms with Crippen LogP contribution in [0.2, 0.25) is 0 Å². The Hall–Kier alpha value is -1.40. The van der Waals surface area contributed by atoms with Crippen LogP contribution in [0.4, 0.5) is 11.6 Å². The van der Waals surface area contributed by atoms with Gasteiger partial charge in [0.2, 0.25) is 0 Å². The average molecular weight is 253 g/mol. The molecule has 0 aromatic carbocycles. The van der Waals surface area contributed by atoms with Crippen LogP contribution in [-0.2, 0) is 5.41 Å². The minimum absolute atomic E-state index is 0.0154. The van der Waals surface area contributed by atoms with Crippen LogP contribution in [0.5, 0.6) is 0 Å². The molecule has 6 nitrogen and oxygen atoms in total. The summed E-state index contributed by atoms with van der Waals surface area (Å²) in [5.41, 5.74) is 2.39. The van der Waals surface area contributed by atoms with Gasteiger partial charge in [0.15, 0.2) is 0 Å². The molecular weight excluding hydrogens is 230 g/mol. The number of aliphatic hydroxyl groups excluding tert-OH is 1. The van der Waals surface area contributed by atoms with Gasteiger partial charge in [0.1, 0.15) is 17.5 Å². The topological polar surface area (TPSA) is 87.3 Å². The fourth-order valence-corrected chi connectivity index (χ4v) is 1.37.